The van der Waals surface area contributed by atoms with Crippen LogP contribution in [0.2, 0.25) is 0 Å². The highest BCUT2D eigenvalue weighted by Gasteiger charge is 2.18. The third-order valence-electron chi connectivity index (χ3n) is 1.88. The third kappa shape index (κ3) is 3.48. The van der Waals surface area contributed by atoms with Crippen LogP contribution in [0.3, 0.4) is 0 Å². The van der Waals surface area contributed by atoms with E-state index in [0.29, 0.717) is 11.9 Å². The first-order valence-electron chi connectivity index (χ1n) is 4.49. The fourth-order valence-corrected chi connectivity index (χ4v) is 2.24. The monoisotopic (exact) mass is 187 g/mol. The Morgan fingerprint density at radius 1 is 1.67 bits per heavy atom. The molecule has 3 heteroatoms. The van der Waals surface area contributed by atoms with Crippen molar-refractivity contribution in [3.05, 3.63) is 6.42 Å². The quantitative estimate of drug-likeness (QED) is 0.621. The molecule has 0 aromatic heterocycles. The van der Waals surface area contributed by atoms with Gasteiger partial charge in [0.05, 0.1) is 6.61 Å². The SMILES string of the molecule is CCOC(=O)SC1[CH]CCCC1. The van der Waals surface area contributed by atoms with Crippen molar-refractivity contribution in [1.82, 2.24) is 0 Å². The highest BCUT2D eigenvalue weighted by Crippen LogP contribution is 2.28. The van der Waals surface area contributed by atoms with E-state index in [1.54, 1.807) is 0 Å². The van der Waals surface area contributed by atoms with Crippen molar-refractivity contribution in [2.24, 2.45) is 0 Å². The summed E-state index contributed by atoms with van der Waals surface area (Å²) in [5.74, 6) is 0. The molecule has 0 aromatic rings. The Balaban J connectivity index is 2.15. The molecule has 1 saturated carbocycles. The lowest BCUT2D eigenvalue weighted by molar-refractivity contribution is 0.181. The van der Waals surface area contributed by atoms with Crippen LogP contribution in [0.4, 0.5) is 4.79 Å². The van der Waals surface area contributed by atoms with Gasteiger partial charge in [-0.1, -0.05) is 12.8 Å². The van der Waals surface area contributed by atoms with Crippen molar-refractivity contribution in [3.8, 4) is 0 Å². The summed E-state index contributed by atoms with van der Waals surface area (Å²) in [4.78, 5) is 11.0. The van der Waals surface area contributed by atoms with Gasteiger partial charge in [-0.2, -0.15) is 0 Å². The Kier molecular flexibility index (Phi) is 4.51. The molecule has 0 aromatic carbocycles. The minimum absolute atomic E-state index is 0.124. The van der Waals surface area contributed by atoms with Crippen molar-refractivity contribution in [2.45, 2.75) is 37.9 Å². The first-order chi connectivity index (χ1) is 5.83. The molecular weight excluding hydrogens is 172 g/mol. The van der Waals surface area contributed by atoms with Gasteiger partial charge < -0.3 is 4.74 Å². The van der Waals surface area contributed by atoms with Crippen LogP contribution >= 0.6 is 11.8 Å². The lowest BCUT2D eigenvalue weighted by Crippen LogP contribution is -2.12. The highest BCUT2D eigenvalue weighted by atomic mass is 32.2. The number of rotatable bonds is 2. The minimum Gasteiger partial charge on any atom is -0.458 e. The van der Waals surface area contributed by atoms with Crippen molar-refractivity contribution < 1.29 is 9.53 Å². The standard InChI is InChI=1S/C9H15O2S/c1-2-11-9(10)12-8-6-4-3-5-7-8/h6,8H,2-5,7H2,1H3. The van der Waals surface area contributed by atoms with Crippen LogP contribution in [0.15, 0.2) is 0 Å². The average molecular weight is 187 g/mol. The lowest BCUT2D eigenvalue weighted by atomic mass is 10.0. The van der Waals surface area contributed by atoms with Crippen LogP contribution in [0.5, 0.6) is 0 Å². The van der Waals surface area contributed by atoms with E-state index in [4.69, 9.17) is 4.74 Å². The first kappa shape index (κ1) is 9.90. The topological polar surface area (TPSA) is 26.3 Å². The molecule has 0 saturated heterocycles. The molecule has 0 N–H and O–H groups in total. The van der Waals surface area contributed by atoms with Crippen LogP contribution in [0.1, 0.15) is 32.6 Å². The summed E-state index contributed by atoms with van der Waals surface area (Å²) in [6.45, 7) is 2.32. The van der Waals surface area contributed by atoms with Gasteiger partial charge in [0.15, 0.2) is 0 Å². The molecule has 1 atom stereocenters. The van der Waals surface area contributed by atoms with Gasteiger partial charge in [0.25, 0.3) is 0 Å². The molecule has 1 fully saturated rings. The molecule has 0 spiro atoms. The third-order valence-corrected chi connectivity index (χ3v) is 2.92. The highest BCUT2D eigenvalue weighted by molar-refractivity contribution is 8.13. The van der Waals surface area contributed by atoms with Gasteiger partial charge >= 0.3 is 5.30 Å². The van der Waals surface area contributed by atoms with Crippen LogP contribution in [0, 0.1) is 6.42 Å². The summed E-state index contributed by atoms with van der Waals surface area (Å²) in [6, 6.07) is 0. The zero-order valence-corrected chi connectivity index (χ0v) is 8.23. The summed E-state index contributed by atoms with van der Waals surface area (Å²) in [5.41, 5.74) is 0. The largest absolute Gasteiger partial charge is 0.458 e. The van der Waals surface area contributed by atoms with Crippen LogP contribution in [-0.4, -0.2) is 17.2 Å². The van der Waals surface area contributed by atoms with Crippen molar-refractivity contribution in [1.29, 1.82) is 0 Å². The first-order valence-corrected chi connectivity index (χ1v) is 5.37. The molecule has 0 heterocycles. The number of hydrogen-bond acceptors (Lipinski definition) is 3. The fraction of sp³-hybridized carbons (Fsp3) is 0.778. The van der Waals surface area contributed by atoms with Gasteiger partial charge in [-0.25, -0.2) is 4.79 Å². The normalized spacial score (nSPS) is 19.1. The van der Waals surface area contributed by atoms with E-state index < -0.39 is 0 Å². The van der Waals surface area contributed by atoms with Crippen LogP contribution in [0.25, 0.3) is 0 Å². The van der Waals surface area contributed by atoms with Crippen molar-refractivity contribution in [3.63, 3.8) is 0 Å². The van der Waals surface area contributed by atoms with E-state index in [1.165, 1.54) is 24.6 Å². The molecule has 1 radical (unpaired) electrons. The van der Waals surface area contributed by atoms with Gasteiger partial charge in [0.1, 0.15) is 0 Å². The molecule has 69 valence electrons. The molecule has 1 aliphatic carbocycles. The van der Waals surface area contributed by atoms with E-state index in [9.17, 15) is 4.79 Å². The molecule has 2 nitrogen and oxygen atoms in total. The number of thioether (sulfide) groups is 1. The van der Waals surface area contributed by atoms with E-state index in [2.05, 4.69) is 6.42 Å². The number of carbonyl (C=O) groups is 1. The van der Waals surface area contributed by atoms with Crippen molar-refractivity contribution >= 4 is 17.1 Å². The van der Waals surface area contributed by atoms with Crippen LogP contribution < -0.4 is 0 Å². The Bertz CT molecular complexity index is 141. The average Bonchev–Trinajstić information content (AvgIpc) is 2.06. The second-order valence-corrected chi connectivity index (χ2v) is 4.03. The summed E-state index contributed by atoms with van der Waals surface area (Å²) in [5, 5.41) is 0.276. The van der Waals surface area contributed by atoms with E-state index in [-0.39, 0.29) is 5.30 Å². The van der Waals surface area contributed by atoms with Crippen LogP contribution in [-0.2, 0) is 4.74 Å². The van der Waals surface area contributed by atoms with Gasteiger partial charge in [-0.05, 0) is 37.9 Å². The molecule has 0 aliphatic heterocycles. The predicted octanol–water partition coefficient (Wildman–Crippen LogP) is 3.02. The zero-order chi connectivity index (χ0) is 8.81. The smallest absolute Gasteiger partial charge is 0.367 e. The maximum absolute atomic E-state index is 11.0. The number of carbonyl (C=O) groups excluding carboxylic acids is 1. The van der Waals surface area contributed by atoms with E-state index >= 15 is 0 Å². The second kappa shape index (κ2) is 5.46. The molecule has 1 rings (SSSR count). The number of hydrogen-bond donors (Lipinski definition) is 0. The van der Waals surface area contributed by atoms with Gasteiger partial charge in [-0.3, -0.25) is 0 Å². The van der Waals surface area contributed by atoms with Gasteiger partial charge in [0, 0.05) is 5.25 Å². The molecule has 0 amide bonds. The summed E-state index contributed by atoms with van der Waals surface area (Å²) >= 11 is 1.33. The Morgan fingerprint density at radius 3 is 3.08 bits per heavy atom. The summed E-state index contributed by atoms with van der Waals surface area (Å²) < 4.78 is 4.85. The van der Waals surface area contributed by atoms with E-state index in [1.807, 2.05) is 6.92 Å². The maximum atomic E-state index is 11.0. The van der Waals surface area contributed by atoms with Gasteiger partial charge in [-0.15, -0.1) is 0 Å². The summed E-state index contributed by atoms with van der Waals surface area (Å²) in [6.07, 6.45) is 7.03. The minimum atomic E-state index is -0.124. The Labute approximate surface area is 78.1 Å². The molecule has 1 aliphatic rings. The molecular formula is C9H15O2S. The summed E-state index contributed by atoms with van der Waals surface area (Å²) in [7, 11) is 0. The van der Waals surface area contributed by atoms with Gasteiger partial charge in [0.2, 0.25) is 0 Å². The maximum Gasteiger partial charge on any atom is 0.367 e. The lowest BCUT2D eigenvalue weighted by Gasteiger charge is -2.18. The molecule has 12 heavy (non-hydrogen) atoms. The molecule has 0 bridgehead atoms. The van der Waals surface area contributed by atoms with Crippen molar-refractivity contribution in [2.75, 3.05) is 6.61 Å². The van der Waals surface area contributed by atoms with E-state index in [0.717, 1.165) is 12.8 Å². The zero-order valence-electron chi connectivity index (χ0n) is 7.41. The Morgan fingerprint density at radius 2 is 2.50 bits per heavy atom. The predicted molar refractivity (Wildman–Crippen MR) is 51.2 cm³/mol. The Hall–Kier alpha value is -0.180. The fourth-order valence-electron chi connectivity index (χ4n) is 1.29. The molecule has 1 unspecified atom stereocenters. The number of ether oxygens (including phenoxy) is 1. The second-order valence-electron chi connectivity index (χ2n) is 2.86.